The van der Waals surface area contributed by atoms with Gasteiger partial charge in [-0.15, -0.1) is 10.2 Å². The number of nitrogens with one attached hydrogen (secondary N) is 1. The van der Waals surface area contributed by atoms with Crippen molar-refractivity contribution in [1.29, 1.82) is 0 Å². The van der Waals surface area contributed by atoms with Crippen molar-refractivity contribution in [3.8, 4) is 0 Å². The maximum Gasteiger partial charge on any atom is 0.251 e. The minimum Gasteiger partial charge on any atom is -0.352 e. The predicted molar refractivity (Wildman–Crippen MR) is 114 cm³/mol. The van der Waals surface area contributed by atoms with Gasteiger partial charge in [-0.05, 0) is 36.8 Å². The maximum atomic E-state index is 12.2. The SMILES string of the molecule is C[C@H](Sc1ccc2nnc(CCNC(=O)c3ccccc3)n2n1)c1ccccc1. The molecule has 0 aliphatic heterocycles. The van der Waals surface area contributed by atoms with Gasteiger partial charge < -0.3 is 5.32 Å². The molecule has 0 saturated heterocycles. The highest BCUT2D eigenvalue weighted by atomic mass is 32.2. The van der Waals surface area contributed by atoms with Gasteiger partial charge in [0, 0.05) is 23.8 Å². The molecule has 0 aliphatic rings. The Morgan fingerprint density at radius 2 is 1.72 bits per heavy atom. The first-order valence-electron chi connectivity index (χ1n) is 9.47. The van der Waals surface area contributed by atoms with Crippen molar-refractivity contribution < 1.29 is 4.79 Å². The number of nitrogens with zero attached hydrogens (tertiary/aromatic N) is 4. The first kappa shape index (κ1) is 19.1. The molecule has 2 aromatic heterocycles. The fourth-order valence-corrected chi connectivity index (χ4v) is 3.92. The summed E-state index contributed by atoms with van der Waals surface area (Å²) < 4.78 is 1.76. The van der Waals surface area contributed by atoms with Crippen LogP contribution in [0.3, 0.4) is 0 Å². The summed E-state index contributed by atoms with van der Waals surface area (Å²) in [6, 6.07) is 23.4. The summed E-state index contributed by atoms with van der Waals surface area (Å²) in [4.78, 5) is 12.2. The maximum absolute atomic E-state index is 12.2. The van der Waals surface area contributed by atoms with E-state index in [1.807, 2.05) is 48.5 Å². The Labute approximate surface area is 173 Å². The summed E-state index contributed by atoms with van der Waals surface area (Å²) in [6.45, 7) is 2.63. The van der Waals surface area contributed by atoms with Crippen molar-refractivity contribution in [2.24, 2.45) is 0 Å². The molecule has 4 aromatic rings. The average Bonchev–Trinajstić information content (AvgIpc) is 3.17. The van der Waals surface area contributed by atoms with E-state index >= 15 is 0 Å². The number of fused-ring (bicyclic) bond motifs is 1. The number of aromatic nitrogens is 4. The van der Waals surface area contributed by atoms with Crippen LogP contribution in [0.4, 0.5) is 0 Å². The van der Waals surface area contributed by atoms with Gasteiger partial charge in [0.1, 0.15) is 5.03 Å². The first-order chi connectivity index (χ1) is 14.2. The van der Waals surface area contributed by atoms with E-state index in [4.69, 9.17) is 5.10 Å². The van der Waals surface area contributed by atoms with E-state index in [-0.39, 0.29) is 11.2 Å². The quantitative estimate of drug-likeness (QED) is 0.473. The van der Waals surface area contributed by atoms with Gasteiger partial charge in [-0.1, -0.05) is 60.3 Å². The lowest BCUT2D eigenvalue weighted by Crippen LogP contribution is -2.26. The number of thioether (sulfide) groups is 1. The third kappa shape index (κ3) is 4.63. The molecule has 1 atom stereocenters. The lowest BCUT2D eigenvalue weighted by molar-refractivity contribution is 0.0954. The standard InChI is InChI=1S/C22H21N5OS/c1-16(17-8-4-2-5-9-17)29-21-13-12-19-24-25-20(27(19)26-21)14-15-23-22(28)18-10-6-3-7-11-18/h2-13,16H,14-15H2,1H3,(H,23,28)/t16-/m0/s1. The van der Waals surface area contributed by atoms with E-state index in [1.165, 1.54) is 5.56 Å². The van der Waals surface area contributed by atoms with Crippen LogP contribution in [0.1, 0.15) is 33.9 Å². The second-order valence-electron chi connectivity index (χ2n) is 6.60. The Hall–Kier alpha value is -3.19. The highest BCUT2D eigenvalue weighted by molar-refractivity contribution is 7.99. The molecule has 1 N–H and O–H groups in total. The van der Waals surface area contributed by atoms with Crippen LogP contribution in [0.15, 0.2) is 77.8 Å². The zero-order chi connectivity index (χ0) is 20.1. The average molecular weight is 404 g/mol. The number of hydrogen-bond donors (Lipinski definition) is 1. The van der Waals surface area contributed by atoms with E-state index < -0.39 is 0 Å². The summed E-state index contributed by atoms with van der Waals surface area (Å²) in [6.07, 6.45) is 0.551. The van der Waals surface area contributed by atoms with Crippen LogP contribution in [0, 0.1) is 0 Å². The molecule has 0 bridgehead atoms. The molecule has 29 heavy (non-hydrogen) atoms. The van der Waals surface area contributed by atoms with E-state index in [9.17, 15) is 4.79 Å². The van der Waals surface area contributed by atoms with Gasteiger partial charge in [-0.25, -0.2) is 0 Å². The zero-order valence-corrected chi connectivity index (χ0v) is 16.8. The normalized spacial score (nSPS) is 12.0. The Bertz CT molecular complexity index is 1100. The smallest absolute Gasteiger partial charge is 0.251 e. The van der Waals surface area contributed by atoms with E-state index in [0.29, 0.717) is 24.2 Å². The van der Waals surface area contributed by atoms with Crippen LogP contribution in [0.5, 0.6) is 0 Å². The van der Waals surface area contributed by atoms with Crippen molar-refractivity contribution >= 4 is 23.3 Å². The molecule has 7 heteroatoms. The van der Waals surface area contributed by atoms with Gasteiger partial charge in [0.25, 0.3) is 5.91 Å². The molecule has 1 amide bonds. The van der Waals surface area contributed by atoms with Gasteiger partial charge in [-0.2, -0.15) is 9.61 Å². The summed E-state index contributed by atoms with van der Waals surface area (Å²) in [7, 11) is 0. The molecule has 0 saturated carbocycles. The van der Waals surface area contributed by atoms with Crippen LogP contribution >= 0.6 is 11.8 Å². The van der Waals surface area contributed by atoms with E-state index in [1.54, 1.807) is 28.4 Å². The Morgan fingerprint density at radius 1 is 1.00 bits per heavy atom. The van der Waals surface area contributed by atoms with Crippen molar-refractivity contribution in [2.75, 3.05) is 6.54 Å². The number of amides is 1. The lowest BCUT2D eigenvalue weighted by atomic mass is 10.2. The fraction of sp³-hybridized carbons (Fsp3) is 0.182. The van der Waals surface area contributed by atoms with E-state index in [0.717, 1.165) is 10.9 Å². The summed E-state index contributed by atoms with van der Waals surface area (Å²) in [5.74, 6) is 0.628. The second-order valence-corrected chi connectivity index (χ2v) is 7.96. The first-order valence-corrected chi connectivity index (χ1v) is 10.3. The zero-order valence-electron chi connectivity index (χ0n) is 16.0. The van der Waals surface area contributed by atoms with Crippen molar-refractivity contribution in [1.82, 2.24) is 25.1 Å². The molecule has 4 rings (SSSR count). The number of hydrogen-bond acceptors (Lipinski definition) is 5. The highest BCUT2D eigenvalue weighted by Crippen LogP contribution is 2.33. The third-order valence-corrected chi connectivity index (χ3v) is 5.62. The summed E-state index contributed by atoms with van der Waals surface area (Å²) >= 11 is 1.69. The summed E-state index contributed by atoms with van der Waals surface area (Å²) in [5.41, 5.74) is 2.60. The number of benzene rings is 2. The van der Waals surface area contributed by atoms with Crippen LogP contribution < -0.4 is 5.32 Å². The molecule has 2 heterocycles. The third-order valence-electron chi connectivity index (χ3n) is 4.54. The molecular formula is C22H21N5OS. The van der Waals surface area contributed by atoms with Gasteiger partial charge in [-0.3, -0.25) is 4.79 Å². The Morgan fingerprint density at radius 3 is 2.48 bits per heavy atom. The highest BCUT2D eigenvalue weighted by Gasteiger charge is 2.12. The monoisotopic (exact) mass is 403 g/mol. The molecule has 146 valence electrons. The predicted octanol–water partition coefficient (Wildman–Crippen LogP) is 3.95. The fourth-order valence-electron chi connectivity index (χ4n) is 2.99. The topological polar surface area (TPSA) is 72.2 Å². The molecule has 0 spiro atoms. The molecular weight excluding hydrogens is 382 g/mol. The molecule has 0 fully saturated rings. The number of rotatable bonds is 7. The second kappa shape index (κ2) is 8.87. The number of carbonyl (C=O) groups is 1. The van der Waals surface area contributed by atoms with Gasteiger partial charge in [0.15, 0.2) is 11.5 Å². The van der Waals surface area contributed by atoms with Crippen LogP contribution in [0.25, 0.3) is 5.65 Å². The van der Waals surface area contributed by atoms with Crippen molar-refractivity contribution in [2.45, 2.75) is 23.6 Å². The van der Waals surface area contributed by atoms with E-state index in [2.05, 4.69) is 34.6 Å². The molecule has 6 nitrogen and oxygen atoms in total. The summed E-state index contributed by atoms with van der Waals surface area (Å²) in [5, 5.41) is 17.2. The van der Waals surface area contributed by atoms with Gasteiger partial charge in [0.2, 0.25) is 0 Å². The van der Waals surface area contributed by atoms with Gasteiger partial charge >= 0.3 is 0 Å². The Balaban J connectivity index is 1.42. The van der Waals surface area contributed by atoms with Crippen molar-refractivity contribution in [3.63, 3.8) is 0 Å². The minimum atomic E-state index is -0.0969. The molecule has 2 aromatic carbocycles. The van der Waals surface area contributed by atoms with Crippen LogP contribution in [-0.2, 0) is 6.42 Å². The lowest BCUT2D eigenvalue weighted by Gasteiger charge is -2.11. The molecule has 0 radical (unpaired) electrons. The largest absolute Gasteiger partial charge is 0.352 e. The van der Waals surface area contributed by atoms with Crippen LogP contribution in [0.2, 0.25) is 0 Å². The number of carbonyl (C=O) groups excluding carboxylic acids is 1. The van der Waals surface area contributed by atoms with Gasteiger partial charge in [0.05, 0.1) is 0 Å². The van der Waals surface area contributed by atoms with Crippen molar-refractivity contribution in [3.05, 3.63) is 89.7 Å². The molecule has 0 unspecified atom stereocenters. The minimum absolute atomic E-state index is 0.0969. The molecule has 0 aliphatic carbocycles. The van der Waals surface area contributed by atoms with Crippen LogP contribution in [-0.4, -0.2) is 32.3 Å². The Kier molecular flexibility index (Phi) is 5.86.